The van der Waals surface area contributed by atoms with E-state index in [4.69, 9.17) is 0 Å². The predicted octanol–water partition coefficient (Wildman–Crippen LogP) is 2.24. The highest BCUT2D eigenvalue weighted by atomic mass is 16.1. The second-order valence-electron chi connectivity index (χ2n) is 4.95. The number of carbonyl (C=O) groups is 1. The van der Waals surface area contributed by atoms with Gasteiger partial charge in [0.05, 0.1) is 6.54 Å². The van der Waals surface area contributed by atoms with Crippen molar-refractivity contribution in [2.24, 2.45) is 0 Å². The lowest BCUT2D eigenvalue weighted by atomic mass is 10.1. The molecule has 0 aliphatic heterocycles. The number of hydrogen-bond donors (Lipinski definition) is 1. The zero-order valence-corrected chi connectivity index (χ0v) is 11.9. The Balaban J connectivity index is 1.95. The Morgan fingerprint density at radius 2 is 2.10 bits per heavy atom. The lowest BCUT2D eigenvalue weighted by Gasteiger charge is -2.12. The van der Waals surface area contributed by atoms with Gasteiger partial charge < -0.3 is 5.32 Å². The Labute approximate surface area is 119 Å². The molecule has 0 aliphatic carbocycles. The van der Waals surface area contributed by atoms with Crippen LogP contribution in [0, 0.1) is 0 Å². The Morgan fingerprint density at radius 1 is 1.35 bits per heavy atom. The number of nitrogens with zero attached hydrogens (tertiary/aromatic N) is 3. The van der Waals surface area contributed by atoms with Crippen LogP contribution in [0.3, 0.4) is 0 Å². The maximum absolute atomic E-state index is 12.0. The smallest absolute Gasteiger partial charge is 0.251 e. The Kier molecular flexibility index (Phi) is 4.87. The second kappa shape index (κ2) is 6.84. The van der Waals surface area contributed by atoms with Gasteiger partial charge in [-0.15, -0.1) is 0 Å². The number of carbonyl (C=O) groups excluding carboxylic acids is 1. The minimum absolute atomic E-state index is 0.0155. The molecule has 0 saturated heterocycles. The molecule has 0 bridgehead atoms. The van der Waals surface area contributed by atoms with Crippen molar-refractivity contribution in [3.63, 3.8) is 0 Å². The van der Waals surface area contributed by atoms with Crippen LogP contribution in [-0.4, -0.2) is 26.7 Å². The molecule has 0 aliphatic rings. The van der Waals surface area contributed by atoms with Gasteiger partial charge in [-0.1, -0.05) is 25.5 Å². The SMILES string of the molecule is CCCC(C)NC(=O)c1ccc(Cn2cncn2)cc1. The van der Waals surface area contributed by atoms with Crippen LogP contribution < -0.4 is 5.32 Å². The molecule has 2 aromatic rings. The number of hydrogen-bond acceptors (Lipinski definition) is 3. The van der Waals surface area contributed by atoms with Crippen LogP contribution >= 0.6 is 0 Å². The third-order valence-corrected chi connectivity index (χ3v) is 3.13. The predicted molar refractivity (Wildman–Crippen MR) is 77.4 cm³/mol. The molecule has 0 fully saturated rings. The maximum Gasteiger partial charge on any atom is 0.251 e. The lowest BCUT2D eigenvalue weighted by Crippen LogP contribution is -2.32. The van der Waals surface area contributed by atoms with Gasteiger partial charge in [0.15, 0.2) is 0 Å². The Bertz CT molecular complexity index is 534. The summed E-state index contributed by atoms with van der Waals surface area (Å²) in [5.74, 6) is -0.0155. The van der Waals surface area contributed by atoms with Gasteiger partial charge >= 0.3 is 0 Å². The standard InChI is InChI=1S/C15H20N4O/c1-3-4-12(2)18-15(20)14-7-5-13(6-8-14)9-19-11-16-10-17-19/h5-8,10-12H,3-4,9H2,1-2H3,(H,18,20). The highest BCUT2D eigenvalue weighted by Crippen LogP contribution is 2.07. The summed E-state index contributed by atoms with van der Waals surface area (Å²) < 4.78 is 1.75. The Hall–Kier alpha value is -2.17. The fourth-order valence-corrected chi connectivity index (χ4v) is 2.08. The summed E-state index contributed by atoms with van der Waals surface area (Å²) in [4.78, 5) is 15.9. The summed E-state index contributed by atoms with van der Waals surface area (Å²) >= 11 is 0. The van der Waals surface area contributed by atoms with Gasteiger partial charge in [0.2, 0.25) is 0 Å². The molecular weight excluding hydrogens is 252 g/mol. The van der Waals surface area contributed by atoms with E-state index in [-0.39, 0.29) is 11.9 Å². The quantitative estimate of drug-likeness (QED) is 0.877. The molecule has 5 heteroatoms. The van der Waals surface area contributed by atoms with E-state index in [0.717, 1.165) is 18.4 Å². The van der Waals surface area contributed by atoms with E-state index in [1.165, 1.54) is 6.33 Å². The lowest BCUT2D eigenvalue weighted by molar-refractivity contribution is 0.0938. The van der Waals surface area contributed by atoms with E-state index in [9.17, 15) is 4.79 Å². The molecule has 106 valence electrons. The Morgan fingerprint density at radius 3 is 2.70 bits per heavy atom. The third kappa shape index (κ3) is 3.91. The minimum Gasteiger partial charge on any atom is -0.350 e. The summed E-state index contributed by atoms with van der Waals surface area (Å²) in [6.45, 7) is 4.80. The zero-order chi connectivity index (χ0) is 14.4. The van der Waals surface area contributed by atoms with Crippen molar-refractivity contribution in [2.75, 3.05) is 0 Å². The van der Waals surface area contributed by atoms with Crippen LogP contribution in [0.15, 0.2) is 36.9 Å². The third-order valence-electron chi connectivity index (χ3n) is 3.13. The van der Waals surface area contributed by atoms with Gasteiger partial charge in [0.25, 0.3) is 5.91 Å². The first-order valence-electron chi connectivity index (χ1n) is 6.91. The maximum atomic E-state index is 12.0. The van der Waals surface area contributed by atoms with Crippen molar-refractivity contribution in [2.45, 2.75) is 39.3 Å². The topological polar surface area (TPSA) is 59.8 Å². The van der Waals surface area contributed by atoms with Crippen LogP contribution in [0.25, 0.3) is 0 Å². The number of rotatable bonds is 6. The molecule has 1 N–H and O–H groups in total. The average molecular weight is 272 g/mol. The molecule has 1 aromatic carbocycles. The molecule has 20 heavy (non-hydrogen) atoms. The summed E-state index contributed by atoms with van der Waals surface area (Å²) in [5.41, 5.74) is 1.78. The summed E-state index contributed by atoms with van der Waals surface area (Å²) in [5, 5.41) is 7.05. The molecule has 1 heterocycles. The van der Waals surface area contributed by atoms with E-state index in [1.807, 2.05) is 31.2 Å². The van der Waals surface area contributed by atoms with E-state index in [0.29, 0.717) is 12.1 Å². The highest BCUT2D eigenvalue weighted by molar-refractivity contribution is 5.94. The molecule has 5 nitrogen and oxygen atoms in total. The molecule has 1 unspecified atom stereocenters. The van der Waals surface area contributed by atoms with Crippen molar-refractivity contribution in [3.8, 4) is 0 Å². The van der Waals surface area contributed by atoms with Crippen molar-refractivity contribution < 1.29 is 4.79 Å². The molecule has 1 amide bonds. The highest BCUT2D eigenvalue weighted by Gasteiger charge is 2.08. The second-order valence-corrected chi connectivity index (χ2v) is 4.95. The van der Waals surface area contributed by atoms with Crippen LogP contribution in [-0.2, 0) is 6.54 Å². The zero-order valence-electron chi connectivity index (χ0n) is 11.9. The summed E-state index contributed by atoms with van der Waals surface area (Å²) in [6.07, 6.45) is 5.25. The molecule has 1 aromatic heterocycles. The normalized spacial score (nSPS) is 12.1. The fourth-order valence-electron chi connectivity index (χ4n) is 2.08. The first kappa shape index (κ1) is 14.2. The molecule has 2 rings (SSSR count). The first-order chi connectivity index (χ1) is 9.69. The first-order valence-corrected chi connectivity index (χ1v) is 6.91. The minimum atomic E-state index is -0.0155. The molecule has 0 radical (unpaired) electrons. The summed E-state index contributed by atoms with van der Waals surface area (Å²) in [6, 6.07) is 7.80. The van der Waals surface area contributed by atoms with Crippen LogP contribution in [0.2, 0.25) is 0 Å². The number of aromatic nitrogens is 3. The molecule has 0 spiro atoms. The van der Waals surface area contributed by atoms with E-state index >= 15 is 0 Å². The summed E-state index contributed by atoms with van der Waals surface area (Å²) in [7, 11) is 0. The largest absolute Gasteiger partial charge is 0.350 e. The van der Waals surface area contributed by atoms with Crippen LogP contribution in [0.1, 0.15) is 42.6 Å². The van der Waals surface area contributed by atoms with Gasteiger partial charge in [-0.25, -0.2) is 9.67 Å². The van der Waals surface area contributed by atoms with Crippen molar-refractivity contribution in [1.29, 1.82) is 0 Å². The molecule has 1 atom stereocenters. The van der Waals surface area contributed by atoms with Crippen LogP contribution in [0.4, 0.5) is 0 Å². The number of amides is 1. The van der Waals surface area contributed by atoms with Crippen molar-refractivity contribution in [1.82, 2.24) is 20.1 Å². The molecular formula is C15H20N4O. The van der Waals surface area contributed by atoms with E-state index < -0.39 is 0 Å². The van der Waals surface area contributed by atoms with Gasteiger partial charge in [0, 0.05) is 11.6 Å². The van der Waals surface area contributed by atoms with Crippen LogP contribution in [0.5, 0.6) is 0 Å². The monoisotopic (exact) mass is 272 g/mol. The van der Waals surface area contributed by atoms with Gasteiger partial charge in [-0.05, 0) is 31.0 Å². The van der Waals surface area contributed by atoms with E-state index in [1.54, 1.807) is 11.0 Å². The van der Waals surface area contributed by atoms with E-state index in [2.05, 4.69) is 22.3 Å². The van der Waals surface area contributed by atoms with Gasteiger partial charge in [0.1, 0.15) is 12.7 Å². The number of benzene rings is 1. The van der Waals surface area contributed by atoms with Crippen molar-refractivity contribution >= 4 is 5.91 Å². The molecule has 0 saturated carbocycles. The fraction of sp³-hybridized carbons (Fsp3) is 0.400. The number of nitrogens with one attached hydrogen (secondary N) is 1. The van der Waals surface area contributed by atoms with Crippen molar-refractivity contribution in [3.05, 3.63) is 48.0 Å². The van der Waals surface area contributed by atoms with Gasteiger partial charge in [-0.3, -0.25) is 4.79 Å². The van der Waals surface area contributed by atoms with Gasteiger partial charge in [-0.2, -0.15) is 5.10 Å². The average Bonchev–Trinajstić information content (AvgIpc) is 2.92.